The van der Waals surface area contributed by atoms with Gasteiger partial charge in [-0.1, -0.05) is 18.2 Å². The summed E-state index contributed by atoms with van der Waals surface area (Å²) in [4.78, 5) is 26.5. The third-order valence-corrected chi connectivity index (χ3v) is 4.22. The van der Waals surface area contributed by atoms with Gasteiger partial charge in [0, 0.05) is 11.9 Å². The molecule has 0 aliphatic heterocycles. The molecular weight excluding hydrogens is 280 g/mol. The van der Waals surface area contributed by atoms with Crippen LogP contribution in [0.2, 0.25) is 0 Å². The second-order valence-electron chi connectivity index (χ2n) is 6.27. The van der Waals surface area contributed by atoms with E-state index >= 15 is 0 Å². The highest BCUT2D eigenvalue weighted by Gasteiger charge is 2.39. The Morgan fingerprint density at radius 3 is 2.59 bits per heavy atom. The molecule has 0 unspecified atom stereocenters. The lowest BCUT2D eigenvalue weighted by atomic mass is 9.76. The zero-order valence-electron chi connectivity index (χ0n) is 12.8. The van der Waals surface area contributed by atoms with Gasteiger partial charge < -0.3 is 10.2 Å². The summed E-state index contributed by atoms with van der Waals surface area (Å²) in [7, 11) is 4.00. The number of aromatic amines is 1. The molecule has 22 heavy (non-hydrogen) atoms. The number of benzene rings is 1. The monoisotopic (exact) mass is 300 g/mol. The first kappa shape index (κ1) is 14.7. The molecule has 1 aliphatic rings. The maximum atomic E-state index is 12.6. The van der Waals surface area contributed by atoms with Crippen LogP contribution in [0.5, 0.6) is 0 Å². The van der Waals surface area contributed by atoms with Crippen LogP contribution in [0.3, 0.4) is 0 Å². The molecule has 1 fully saturated rings. The van der Waals surface area contributed by atoms with Gasteiger partial charge in [0.1, 0.15) is 0 Å². The molecular formula is C16H20N4O2. The third-order valence-electron chi connectivity index (χ3n) is 4.22. The number of aromatic nitrogens is 2. The molecule has 2 N–H and O–H groups in total. The maximum Gasteiger partial charge on any atom is 0.272 e. The smallest absolute Gasteiger partial charge is 0.272 e. The van der Waals surface area contributed by atoms with Crippen molar-refractivity contribution in [1.29, 1.82) is 0 Å². The lowest BCUT2D eigenvalue weighted by molar-refractivity contribution is 0.0769. The van der Waals surface area contributed by atoms with Crippen LogP contribution in [0.4, 0.5) is 0 Å². The number of hydrogen-bond donors (Lipinski definition) is 2. The zero-order valence-corrected chi connectivity index (χ0v) is 12.8. The maximum absolute atomic E-state index is 12.6. The first-order chi connectivity index (χ1) is 10.5. The van der Waals surface area contributed by atoms with Gasteiger partial charge in [0.15, 0.2) is 5.69 Å². The van der Waals surface area contributed by atoms with Crippen LogP contribution in [-0.2, 0) is 0 Å². The van der Waals surface area contributed by atoms with Crippen LogP contribution in [-0.4, -0.2) is 47.2 Å². The molecule has 6 nitrogen and oxygen atoms in total. The molecule has 1 amide bonds. The van der Waals surface area contributed by atoms with Crippen LogP contribution >= 0.6 is 0 Å². The minimum atomic E-state index is -0.279. The molecule has 0 atom stereocenters. The number of hydrogen-bond acceptors (Lipinski definition) is 4. The fourth-order valence-electron chi connectivity index (χ4n) is 3.12. The molecule has 6 heteroatoms. The average Bonchev–Trinajstić information content (AvgIpc) is 2.45. The number of H-pyrrole nitrogens is 1. The lowest BCUT2D eigenvalue weighted by Crippen LogP contribution is -2.59. The number of likely N-dealkylation sites (N-methyl/N-ethyl adjacent to an activating group) is 1. The summed E-state index contributed by atoms with van der Waals surface area (Å²) in [6, 6.07) is 7.04. The van der Waals surface area contributed by atoms with Gasteiger partial charge in [0.05, 0.1) is 10.9 Å². The topological polar surface area (TPSA) is 78.1 Å². The summed E-state index contributed by atoms with van der Waals surface area (Å²) >= 11 is 0. The number of nitrogens with zero attached hydrogens (tertiary/aromatic N) is 2. The Balaban J connectivity index is 1.93. The average molecular weight is 300 g/mol. The summed E-state index contributed by atoms with van der Waals surface area (Å²) in [5.41, 5.74) is -0.182. The van der Waals surface area contributed by atoms with Crippen molar-refractivity contribution in [2.45, 2.75) is 24.8 Å². The molecule has 2 aromatic rings. The van der Waals surface area contributed by atoms with E-state index in [4.69, 9.17) is 0 Å². The summed E-state index contributed by atoms with van der Waals surface area (Å²) < 4.78 is 0. The van der Waals surface area contributed by atoms with Crippen molar-refractivity contribution in [1.82, 2.24) is 20.4 Å². The first-order valence-corrected chi connectivity index (χ1v) is 7.45. The van der Waals surface area contributed by atoms with Crippen molar-refractivity contribution in [3.8, 4) is 0 Å². The van der Waals surface area contributed by atoms with Gasteiger partial charge in [0.2, 0.25) is 0 Å². The highest BCUT2D eigenvalue weighted by Crippen LogP contribution is 2.32. The Labute approximate surface area is 128 Å². The van der Waals surface area contributed by atoms with Gasteiger partial charge in [0.25, 0.3) is 11.5 Å². The SMILES string of the molecule is CN(C)CC1(NC(=O)c2n[nH]c(=O)c3ccccc23)CCC1. The van der Waals surface area contributed by atoms with Crippen LogP contribution < -0.4 is 10.9 Å². The summed E-state index contributed by atoms with van der Waals surface area (Å²) in [5.74, 6) is -0.228. The Hall–Kier alpha value is -2.21. The summed E-state index contributed by atoms with van der Waals surface area (Å²) in [6.07, 6.45) is 3.06. The van der Waals surface area contributed by atoms with Gasteiger partial charge in [-0.15, -0.1) is 0 Å². The van der Waals surface area contributed by atoms with E-state index in [1.54, 1.807) is 24.3 Å². The highest BCUT2D eigenvalue weighted by atomic mass is 16.2. The predicted octanol–water partition coefficient (Wildman–Crippen LogP) is 1.14. The Morgan fingerprint density at radius 1 is 1.32 bits per heavy atom. The van der Waals surface area contributed by atoms with Gasteiger partial charge in [-0.25, -0.2) is 5.10 Å². The zero-order chi connectivity index (χ0) is 15.7. The molecule has 0 spiro atoms. The van der Waals surface area contributed by atoms with Crippen LogP contribution in [0.25, 0.3) is 10.8 Å². The van der Waals surface area contributed by atoms with Crippen molar-refractivity contribution in [2.24, 2.45) is 0 Å². The van der Waals surface area contributed by atoms with E-state index in [1.165, 1.54) is 0 Å². The van der Waals surface area contributed by atoms with Crippen molar-refractivity contribution in [3.63, 3.8) is 0 Å². The predicted molar refractivity (Wildman–Crippen MR) is 85.0 cm³/mol. The fraction of sp³-hybridized carbons (Fsp3) is 0.438. The normalized spacial score (nSPS) is 16.5. The van der Waals surface area contributed by atoms with E-state index in [9.17, 15) is 9.59 Å². The van der Waals surface area contributed by atoms with Gasteiger partial charge in [-0.2, -0.15) is 5.10 Å². The molecule has 1 aromatic carbocycles. The third kappa shape index (κ3) is 2.62. The number of amides is 1. The number of carbonyl (C=O) groups is 1. The van der Waals surface area contributed by atoms with E-state index in [2.05, 4.69) is 20.4 Å². The van der Waals surface area contributed by atoms with E-state index in [0.717, 1.165) is 25.8 Å². The quantitative estimate of drug-likeness (QED) is 0.887. The Morgan fingerprint density at radius 2 is 2.00 bits per heavy atom. The van der Waals surface area contributed by atoms with E-state index < -0.39 is 0 Å². The minimum Gasteiger partial charge on any atom is -0.344 e. The molecule has 1 aliphatic carbocycles. The lowest BCUT2D eigenvalue weighted by Gasteiger charge is -2.44. The summed E-state index contributed by atoms with van der Waals surface area (Å²) in [6.45, 7) is 0.806. The molecule has 0 bridgehead atoms. The second kappa shape index (κ2) is 5.53. The molecule has 116 valence electrons. The number of nitrogens with one attached hydrogen (secondary N) is 2. The standard InChI is InChI=1S/C16H20N4O2/c1-20(2)10-16(8-5-9-16)17-15(22)13-11-6-3-4-7-12(11)14(21)19-18-13/h3-4,6-7H,5,8-10H2,1-2H3,(H,17,22)(H,19,21). The van der Waals surface area contributed by atoms with Crippen molar-refractivity contribution < 1.29 is 4.79 Å². The summed E-state index contributed by atoms with van der Waals surface area (Å²) in [5, 5.41) is 10.6. The Bertz CT molecular complexity index is 762. The molecule has 0 saturated heterocycles. The molecule has 1 aromatic heterocycles. The van der Waals surface area contributed by atoms with Crippen LogP contribution in [0, 0.1) is 0 Å². The van der Waals surface area contributed by atoms with Crippen molar-refractivity contribution in [2.75, 3.05) is 20.6 Å². The first-order valence-electron chi connectivity index (χ1n) is 7.45. The van der Waals surface area contributed by atoms with Gasteiger partial charge >= 0.3 is 0 Å². The highest BCUT2D eigenvalue weighted by molar-refractivity contribution is 6.05. The van der Waals surface area contributed by atoms with E-state index in [1.807, 2.05) is 14.1 Å². The minimum absolute atomic E-state index is 0.181. The second-order valence-corrected chi connectivity index (χ2v) is 6.27. The van der Waals surface area contributed by atoms with Crippen molar-refractivity contribution in [3.05, 3.63) is 40.3 Å². The molecule has 3 rings (SSSR count). The number of carbonyl (C=O) groups excluding carboxylic acids is 1. The number of fused-ring (bicyclic) bond motifs is 1. The van der Waals surface area contributed by atoms with Gasteiger partial charge in [-0.05, 0) is 39.4 Å². The largest absolute Gasteiger partial charge is 0.344 e. The van der Waals surface area contributed by atoms with Crippen LogP contribution in [0.15, 0.2) is 29.1 Å². The molecule has 1 saturated carbocycles. The fourth-order valence-corrected chi connectivity index (χ4v) is 3.12. The number of rotatable bonds is 4. The van der Waals surface area contributed by atoms with Crippen molar-refractivity contribution >= 4 is 16.7 Å². The Kier molecular flexibility index (Phi) is 3.70. The molecule has 0 radical (unpaired) electrons. The van der Waals surface area contributed by atoms with E-state index in [-0.39, 0.29) is 22.7 Å². The van der Waals surface area contributed by atoms with Crippen LogP contribution in [0.1, 0.15) is 29.8 Å². The van der Waals surface area contributed by atoms with Gasteiger partial charge in [-0.3, -0.25) is 9.59 Å². The van der Waals surface area contributed by atoms with E-state index in [0.29, 0.717) is 10.8 Å². The molecule has 1 heterocycles.